The van der Waals surface area contributed by atoms with Crippen LogP contribution in [0.1, 0.15) is 25.8 Å². The normalized spacial score (nSPS) is 17.7. The minimum Gasteiger partial charge on any atom is -0.370 e. The standard InChI is InChI=1S/C14H22ClN5S/c1-14(2,4-5-20-8-6-19(3)7-9-20)17-13-11(10-16)12(15)18-21-13/h17H,4-9H2,1-3H3. The van der Waals surface area contributed by atoms with Crippen molar-refractivity contribution in [1.29, 1.82) is 5.26 Å². The second kappa shape index (κ2) is 6.93. The maximum absolute atomic E-state index is 9.12. The fourth-order valence-electron chi connectivity index (χ4n) is 2.33. The Bertz CT molecular complexity index is 514. The third-order valence-electron chi connectivity index (χ3n) is 3.86. The molecule has 116 valence electrons. The van der Waals surface area contributed by atoms with Gasteiger partial charge in [0.25, 0.3) is 0 Å². The number of likely N-dealkylation sites (N-methyl/N-ethyl adjacent to an activating group) is 1. The van der Waals surface area contributed by atoms with Gasteiger partial charge in [0.05, 0.1) is 0 Å². The zero-order chi connectivity index (χ0) is 15.5. The topological polar surface area (TPSA) is 55.2 Å². The first kappa shape index (κ1) is 16.5. The van der Waals surface area contributed by atoms with Crippen LogP contribution in [0, 0.1) is 11.3 Å². The van der Waals surface area contributed by atoms with E-state index in [1.165, 1.54) is 11.5 Å². The van der Waals surface area contributed by atoms with Crippen molar-refractivity contribution in [1.82, 2.24) is 14.2 Å². The molecule has 1 aromatic rings. The van der Waals surface area contributed by atoms with Crippen LogP contribution in [0.3, 0.4) is 0 Å². The van der Waals surface area contributed by atoms with Gasteiger partial charge in [-0.15, -0.1) is 0 Å². The number of hydrogen-bond acceptors (Lipinski definition) is 6. The first-order valence-electron chi connectivity index (χ1n) is 7.15. The Kier molecular flexibility index (Phi) is 5.44. The second-order valence-corrected chi connectivity index (χ2v) is 7.32. The average Bonchev–Trinajstić information content (AvgIpc) is 2.78. The maximum Gasteiger partial charge on any atom is 0.162 e. The van der Waals surface area contributed by atoms with Gasteiger partial charge in [-0.25, -0.2) is 0 Å². The van der Waals surface area contributed by atoms with E-state index in [-0.39, 0.29) is 5.54 Å². The highest BCUT2D eigenvalue weighted by Gasteiger charge is 2.23. The van der Waals surface area contributed by atoms with Crippen molar-refractivity contribution >= 4 is 28.1 Å². The number of piperazine rings is 1. The summed E-state index contributed by atoms with van der Waals surface area (Å²) in [6, 6.07) is 2.11. The molecular weight excluding hydrogens is 306 g/mol. The highest BCUT2D eigenvalue weighted by atomic mass is 35.5. The van der Waals surface area contributed by atoms with Gasteiger partial charge in [0.2, 0.25) is 0 Å². The van der Waals surface area contributed by atoms with Crippen LogP contribution in [0.2, 0.25) is 5.15 Å². The third-order valence-corrected chi connectivity index (χ3v) is 5.00. The molecule has 0 unspecified atom stereocenters. The molecule has 0 bridgehead atoms. The molecule has 0 aromatic carbocycles. The highest BCUT2D eigenvalue weighted by molar-refractivity contribution is 7.10. The fourth-order valence-corrected chi connectivity index (χ4v) is 3.45. The average molecular weight is 328 g/mol. The van der Waals surface area contributed by atoms with Gasteiger partial charge in [-0.2, -0.15) is 9.64 Å². The second-order valence-electron chi connectivity index (χ2n) is 6.19. The van der Waals surface area contributed by atoms with Crippen LogP contribution < -0.4 is 5.32 Å². The van der Waals surface area contributed by atoms with E-state index in [4.69, 9.17) is 16.9 Å². The summed E-state index contributed by atoms with van der Waals surface area (Å²) in [6.07, 6.45) is 1.01. The summed E-state index contributed by atoms with van der Waals surface area (Å²) in [4.78, 5) is 4.85. The van der Waals surface area contributed by atoms with Crippen molar-refractivity contribution in [2.45, 2.75) is 25.8 Å². The molecule has 0 radical (unpaired) electrons. The van der Waals surface area contributed by atoms with Crippen LogP contribution in [0.4, 0.5) is 5.00 Å². The van der Waals surface area contributed by atoms with Gasteiger partial charge in [-0.3, -0.25) is 0 Å². The molecule has 0 spiro atoms. The molecule has 0 saturated carbocycles. The molecule has 1 saturated heterocycles. The number of nitrogens with zero attached hydrogens (tertiary/aromatic N) is 4. The molecule has 2 rings (SSSR count). The Hall–Kier alpha value is -0.870. The molecule has 0 amide bonds. The van der Waals surface area contributed by atoms with Gasteiger partial charge in [0.15, 0.2) is 5.15 Å². The van der Waals surface area contributed by atoms with Crippen LogP contribution in [0.15, 0.2) is 0 Å². The lowest BCUT2D eigenvalue weighted by molar-refractivity contribution is 0.147. The lowest BCUT2D eigenvalue weighted by atomic mass is 10.00. The van der Waals surface area contributed by atoms with Crippen molar-refractivity contribution in [3.63, 3.8) is 0 Å². The summed E-state index contributed by atoms with van der Waals surface area (Å²) in [5.74, 6) is 0. The largest absolute Gasteiger partial charge is 0.370 e. The number of rotatable bonds is 5. The van der Waals surface area contributed by atoms with Crippen molar-refractivity contribution in [3.8, 4) is 6.07 Å². The van der Waals surface area contributed by atoms with E-state index in [0.717, 1.165) is 44.1 Å². The van der Waals surface area contributed by atoms with Crippen molar-refractivity contribution < 1.29 is 0 Å². The van der Waals surface area contributed by atoms with Gasteiger partial charge in [-0.05, 0) is 38.8 Å². The summed E-state index contributed by atoms with van der Waals surface area (Å²) < 4.78 is 4.04. The molecule has 1 fully saturated rings. The minimum atomic E-state index is -0.0924. The highest BCUT2D eigenvalue weighted by Crippen LogP contribution is 2.30. The van der Waals surface area contributed by atoms with Gasteiger partial charge < -0.3 is 15.1 Å². The van der Waals surface area contributed by atoms with Crippen molar-refractivity contribution in [2.24, 2.45) is 0 Å². The SMILES string of the molecule is CN1CCN(CCC(C)(C)Nc2snc(Cl)c2C#N)CC1. The summed E-state index contributed by atoms with van der Waals surface area (Å²) in [5.41, 5.74) is 0.361. The van der Waals surface area contributed by atoms with Crippen LogP contribution in [0.25, 0.3) is 0 Å². The predicted molar refractivity (Wildman–Crippen MR) is 88.1 cm³/mol. The van der Waals surface area contributed by atoms with Gasteiger partial charge in [-0.1, -0.05) is 11.6 Å². The van der Waals surface area contributed by atoms with E-state index in [9.17, 15) is 0 Å². The quantitative estimate of drug-likeness (QED) is 0.900. The minimum absolute atomic E-state index is 0.0924. The number of nitrogens with one attached hydrogen (secondary N) is 1. The first-order chi connectivity index (χ1) is 9.91. The maximum atomic E-state index is 9.12. The number of anilines is 1. The molecule has 1 aliphatic heterocycles. The van der Waals surface area contributed by atoms with E-state index in [1.807, 2.05) is 0 Å². The van der Waals surface area contributed by atoms with Crippen molar-refractivity contribution in [3.05, 3.63) is 10.7 Å². The van der Waals surface area contributed by atoms with E-state index in [2.05, 4.69) is 46.5 Å². The number of halogens is 1. The number of nitriles is 1. The smallest absolute Gasteiger partial charge is 0.162 e. The van der Waals surface area contributed by atoms with Gasteiger partial charge >= 0.3 is 0 Å². The summed E-state index contributed by atoms with van der Waals surface area (Å²) >= 11 is 7.16. The molecule has 5 nitrogen and oxygen atoms in total. The number of hydrogen-bond donors (Lipinski definition) is 1. The summed E-state index contributed by atoms with van der Waals surface area (Å²) in [7, 11) is 2.17. The Morgan fingerprint density at radius 1 is 1.38 bits per heavy atom. The van der Waals surface area contributed by atoms with Gasteiger partial charge in [0.1, 0.15) is 16.6 Å². The van der Waals surface area contributed by atoms with E-state index < -0.39 is 0 Å². The number of aromatic nitrogens is 1. The molecule has 1 aromatic heterocycles. The molecule has 21 heavy (non-hydrogen) atoms. The lowest BCUT2D eigenvalue weighted by Crippen LogP contribution is -2.46. The van der Waals surface area contributed by atoms with Gasteiger partial charge in [0, 0.05) is 38.3 Å². The van der Waals surface area contributed by atoms with E-state index in [0.29, 0.717) is 10.7 Å². The molecule has 1 N–H and O–H groups in total. The van der Waals surface area contributed by atoms with Crippen LogP contribution in [-0.4, -0.2) is 59.5 Å². The Morgan fingerprint density at radius 2 is 2.05 bits per heavy atom. The third kappa shape index (κ3) is 4.55. The van der Waals surface area contributed by atoms with Crippen LogP contribution in [-0.2, 0) is 0 Å². The van der Waals surface area contributed by atoms with Crippen molar-refractivity contribution in [2.75, 3.05) is 45.1 Å². The molecule has 0 atom stereocenters. The Labute approximate surface area is 135 Å². The van der Waals surface area contributed by atoms with E-state index >= 15 is 0 Å². The zero-order valence-corrected chi connectivity index (χ0v) is 14.4. The molecule has 7 heteroatoms. The Balaban J connectivity index is 1.88. The van der Waals surface area contributed by atoms with Crippen LogP contribution >= 0.6 is 23.1 Å². The van der Waals surface area contributed by atoms with E-state index in [1.54, 1.807) is 0 Å². The summed E-state index contributed by atoms with van der Waals surface area (Å²) in [5, 5.41) is 13.6. The molecule has 1 aliphatic rings. The fraction of sp³-hybridized carbons (Fsp3) is 0.714. The zero-order valence-electron chi connectivity index (χ0n) is 12.8. The monoisotopic (exact) mass is 327 g/mol. The summed E-state index contributed by atoms with van der Waals surface area (Å²) in [6.45, 7) is 9.89. The molecule has 0 aliphatic carbocycles. The first-order valence-corrected chi connectivity index (χ1v) is 8.31. The predicted octanol–water partition coefficient (Wildman–Crippen LogP) is 2.50. The Morgan fingerprint density at radius 3 is 2.67 bits per heavy atom. The lowest BCUT2D eigenvalue weighted by Gasteiger charge is -2.35. The molecule has 2 heterocycles. The van der Waals surface area contributed by atoms with Crippen LogP contribution in [0.5, 0.6) is 0 Å². The molecular formula is C14H22ClN5S.